The highest BCUT2D eigenvalue weighted by molar-refractivity contribution is 9.10. The maximum absolute atomic E-state index is 13.5. The Kier molecular flexibility index (Phi) is 3.64. The van der Waals surface area contributed by atoms with E-state index in [4.69, 9.17) is 0 Å². The van der Waals surface area contributed by atoms with Crippen LogP contribution in [0.1, 0.15) is 15.9 Å². The number of hydrogen-bond acceptors (Lipinski definition) is 2. The number of halogens is 2. The first-order valence-electron chi connectivity index (χ1n) is 5.04. The SMILES string of the molecule is O=C(Cc1ccc(Br)cc1F)c1cccnc1. The number of carbonyl (C=O) groups is 1. The average Bonchev–Trinajstić information content (AvgIpc) is 2.34. The molecule has 2 nitrogen and oxygen atoms in total. The molecule has 4 heteroatoms. The fraction of sp³-hybridized carbons (Fsp3) is 0.0769. The van der Waals surface area contributed by atoms with E-state index >= 15 is 0 Å². The van der Waals surface area contributed by atoms with Gasteiger partial charge in [-0.25, -0.2) is 4.39 Å². The van der Waals surface area contributed by atoms with Gasteiger partial charge in [-0.2, -0.15) is 0 Å². The van der Waals surface area contributed by atoms with Gasteiger partial charge in [0.15, 0.2) is 5.78 Å². The number of carbonyl (C=O) groups excluding carboxylic acids is 1. The van der Waals surface area contributed by atoms with Gasteiger partial charge in [0.05, 0.1) is 0 Å². The largest absolute Gasteiger partial charge is 0.294 e. The number of aromatic nitrogens is 1. The molecule has 0 aliphatic rings. The second-order valence-electron chi connectivity index (χ2n) is 3.58. The van der Waals surface area contributed by atoms with Gasteiger partial charge in [0, 0.05) is 28.9 Å². The lowest BCUT2D eigenvalue weighted by Crippen LogP contribution is -2.05. The smallest absolute Gasteiger partial charge is 0.168 e. The molecule has 0 spiro atoms. The van der Waals surface area contributed by atoms with Gasteiger partial charge in [0.1, 0.15) is 5.82 Å². The maximum atomic E-state index is 13.5. The van der Waals surface area contributed by atoms with E-state index in [-0.39, 0.29) is 18.0 Å². The molecule has 0 radical (unpaired) electrons. The van der Waals surface area contributed by atoms with Crippen LogP contribution in [0.2, 0.25) is 0 Å². The number of ketones is 1. The quantitative estimate of drug-likeness (QED) is 0.812. The van der Waals surface area contributed by atoms with Crippen LogP contribution >= 0.6 is 15.9 Å². The summed E-state index contributed by atoms with van der Waals surface area (Å²) in [7, 11) is 0. The summed E-state index contributed by atoms with van der Waals surface area (Å²) in [5, 5.41) is 0. The van der Waals surface area contributed by atoms with Gasteiger partial charge in [0.2, 0.25) is 0 Å². The van der Waals surface area contributed by atoms with Crippen LogP contribution in [-0.4, -0.2) is 10.8 Å². The summed E-state index contributed by atoms with van der Waals surface area (Å²) in [5.74, 6) is -0.518. The molecule has 17 heavy (non-hydrogen) atoms. The van der Waals surface area contributed by atoms with E-state index in [0.29, 0.717) is 15.6 Å². The number of hydrogen-bond donors (Lipinski definition) is 0. The minimum Gasteiger partial charge on any atom is -0.294 e. The molecule has 0 unspecified atom stereocenters. The highest BCUT2D eigenvalue weighted by Gasteiger charge is 2.10. The van der Waals surface area contributed by atoms with E-state index in [0.717, 1.165) is 0 Å². The zero-order valence-electron chi connectivity index (χ0n) is 8.86. The van der Waals surface area contributed by atoms with Crippen molar-refractivity contribution >= 4 is 21.7 Å². The Hall–Kier alpha value is -1.55. The van der Waals surface area contributed by atoms with Gasteiger partial charge in [-0.1, -0.05) is 22.0 Å². The lowest BCUT2D eigenvalue weighted by Gasteiger charge is -2.03. The zero-order chi connectivity index (χ0) is 12.3. The predicted octanol–water partition coefficient (Wildman–Crippen LogP) is 3.41. The van der Waals surface area contributed by atoms with Crippen LogP contribution in [0.3, 0.4) is 0 Å². The molecule has 2 rings (SSSR count). The number of nitrogens with zero attached hydrogens (tertiary/aromatic N) is 1. The van der Waals surface area contributed by atoms with E-state index in [1.54, 1.807) is 30.5 Å². The Morgan fingerprint density at radius 3 is 2.82 bits per heavy atom. The first-order chi connectivity index (χ1) is 8.16. The second-order valence-corrected chi connectivity index (χ2v) is 4.49. The minimum atomic E-state index is -0.378. The Balaban J connectivity index is 2.19. The van der Waals surface area contributed by atoms with Crippen LogP contribution in [0.15, 0.2) is 47.2 Å². The summed E-state index contributed by atoms with van der Waals surface area (Å²) < 4.78 is 14.2. The van der Waals surface area contributed by atoms with E-state index < -0.39 is 0 Å². The highest BCUT2D eigenvalue weighted by atomic mass is 79.9. The Morgan fingerprint density at radius 2 is 2.18 bits per heavy atom. The topological polar surface area (TPSA) is 30.0 Å². The molecule has 1 heterocycles. The summed E-state index contributed by atoms with van der Waals surface area (Å²) in [6, 6.07) is 8.03. The monoisotopic (exact) mass is 293 g/mol. The molecule has 0 amide bonds. The molecule has 0 atom stereocenters. The van der Waals surface area contributed by atoms with Gasteiger partial charge < -0.3 is 0 Å². The normalized spacial score (nSPS) is 10.2. The van der Waals surface area contributed by atoms with Crippen LogP contribution in [0, 0.1) is 5.82 Å². The van der Waals surface area contributed by atoms with Crippen molar-refractivity contribution in [2.45, 2.75) is 6.42 Å². The van der Waals surface area contributed by atoms with E-state index in [1.165, 1.54) is 12.3 Å². The molecule has 0 saturated heterocycles. The molecule has 1 aromatic carbocycles. The lowest BCUT2D eigenvalue weighted by molar-refractivity contribution is 0.0991. The average molecular weight is 294 g/mol. The zero-order valence-corrected chi connectivity index (χ0v) is 10.4. The summed E-state index contributed by atoms with van der Waals surface area (Å²) in [4.78, 5) is 15.7. The van der Waals surface area contributed by atoms with Crippen molar-refractivity contribution in [1.82, 2.24) is 4.98 Å². The van der Waals surface area contributed by atoms with Crippen molar-refractivity contribution in [2.75, 3.05) is 0 Å². The molecule has 2 aromatic rings. The fourth-order valence-electron chi connectivity index (χ4n) is 1.47. The van der Waals surface area contributed by atoms with Crippen LogP contribution < -0.4 is 0 Å². The highest BCUT2D eigenvalue weighted by Crippen LogP contribution is 2.16. The standard InChI is InChI=1S/C13H9BrFNO/c14-11-4-3-9(12(15)7-11)6-13(17)10-2-1-5-16-8-10/h1-5,7-8H,6H2. The number of rotatable bonds is 3. The molecule has 0 fully saturated rings. The third-order valence-corrected chi connectivity index (χ3v) is 2.84. The maximum Gasteiger partial charge on any atom is 0.168 e. The second kappa shape index (κ2) is 5.19. The van der Waals surface area contributed by atoms with E-state index in [2.05, 4.69) is 20.9 Å². The molecule has 0 aliphatic carbocycles. The van der Waals surface area contributed by atoms with Crippen molar-refractivity contribution in [3.05, 3.63) is 64.1 Å². The Morgan fingerprint density at radius 1 is 1.35 bits per heavy atom. The Labute approximate surface area is 107 Å². The summed E-state index contributed by atoms with van der Waals surface area (Å²) >= 11 is 3.17. The van der Waals surface area contributed by atoms with Crippen LogP contribution in [0.4, 0.5) is 4.39 Å². The molecule has 1 aromatic heterocycles. The van der Waals surface area contributed by atoms with Gasteiger partial charge in [-0.05, 0) is 29.8 Å². The van der Waals surface area contributed by atoms with Crippen LogP contribution in [-0.2, 0) is 6.42 Å². The van der Waals surface area contributed by atoms with Gasteiger partial charge in [-0.15, -0.1) is 0 Å². The third kappa shape index (κ3) is 2.97. The predicted molar refractivity (Wildman–Crippen MR) is 66.4 cm³/mol. The van der Waals surface area contributed by atoms with Gasteiger partial charge in [0.25, 0.3) is 0 Å². The number of Topliss-reactive ketones (excluding diaryl/α,β-unsaturated/α-hetero) is 1. The van der Waals surface area contributed by atoms with Gasteiger partial charge >= 0.3 is 0 Å². The van der Waals surface area contributed by atoms with Crippen molar-refractivity contribution < 1.29 is 9.18 Å². The molecular formula is C13H9BrFNO. The fourth-order valence-corrected chi connectivity index (χ4v) is 1.80. The third-order valence-electron chi connectivity index (χ3n) is 2.35. The molecular weight excluding hydrogens is 285 g/mol. The number of benzene rings is 1. The van der Waals surface area contributed by atoms with E-state index in [9.17, 15) is 9.18 Å². The summed E-state index contributed by atoms with van der Waals surface area (Å²) in [6.07, 6.45) is 3.13. The van der Waals surface area contributed by atoms with Crippen molar-refractivity contribution in [3.63, 3.8) is 0 Å². The first kappa shape index (κ1) is 11.9. The first-order valence-corrected chi connectivity index (χ1v) is 5.83. The van der Waals surface area contributed by atoms with Crippen molar-refractivity contribution in [2.24, 2.45) is 0 Å². The molecule has 0 saturated carbocycles. The van der Waals surface area contributed by atoms with Crippen molar-refractivity contribution in [3.8, 4) is 0 Å². The summed E-state index contributed by atoms with van der Waals surface area (Å²) in [6.45, 7) is 0. The Bertz CT molecular complexity index is 542. The number of pyridine rings is 1. The minimum absolute atomic E-state index is 0.0464. The summed E-state index contributed by atoms with van der Waals surface area (Å²) in [5.41, 5.74) is 0.886. The van der Waals surface area contributed by atoms with Crippen molar-refractivity contribution in [1.29, 1.82) is 0 Å². The molecule has 0 bridgehead atoms. The molecule has 0 aliphatic heterocycles. The lowest BCUT2D eigenvalue weighted by atomic mass is 10.0. The van der Waals surface area contributed by atoms with Crippen LogP contribution in [0.25, 0.3) is 0 Å². The van der Waals surface area contributed by atoms with Gasteiger partial charge in [-0.3, -0.25) is 9.78 Å². The van der Waals surface area contributed by atoms with E-state index in [1.807, 2.05) is 0 Å². The molecule has 86 valence electrons. The van der Waals surface area contributed by atoms with Crippen LogP contribution in [0.5, 0.6) is 0 Å². The molecule has 0 N–H and O–H groups in total.